The van der Waals surface area contributed by atoms with Crippen molar-refractivity contribution >= 4 is 15.8 Å². The van der Waals surface area contributed by atoms with Crippen LogP contribution in [0, 0.1) is 0 Å². The lowest BCUT2D eigenvalue weighted by Gasteiger charge is -2.35. The van der Waals surface area contributed by atoms with E-state index in [9.17, 15) is 13.2 Å². The normalized spacial score (nSPS) is 19.3. The molecule has 1 atom stereocenters. The number of morpholine rings is 2. The van der Waals surface area contributed by atoms with Crippen molar-refractivity contribution in [2.75, 3.05) is 65.7 Å². The Kier molecular flexibility index (Phi) is 8.24. The number of Topliss-reactive ketones (excluding diaryl/α,β-unsaturated/α-hetero) is 1. The Hall–Kier alpha value is -2.14. The van der Waals surface area contributed by atoms with E-state index in [1.807, 2.05) is 18.2 Å². The molecule has 0 saturated carbocycles. The summed E-state index contributed by atoms with van der Waals surface area (Å²) in [5, 5.41) is 3.30. The summed E-state index contributed by atoms with van der Waals surface area (Å²) < 4.78 is 37.7. The third kappa shape index (κ3) is 6.06. The van der Waals surface area contributed by atoms with Crippen LogP contribution in [0.5, 0.6) is 0 Å². The molecule has 8 nitrogen and oxygen atoms in total. The van der Waals surface area contributed by atoms with Crippen molar-refractivity contribution in [1.82, 2.24) is 14.5 Å². The second-order valence-corrected chi connectivity index (χ2v) is 10.1. The van der Waals surface area contributed by atoms with E-state index >= 15 is 0 Å². The summed E-state index contributed by atoms with van der Waals surface area (Å²) in [5.74, 6) is -0.0703. The van der Waals surface area contributed by atoms with Crippen LogP contribution in [-0.2, 0) is 19.5 Å². The topological polar surface area (TPSA) is 88.2 Å². The second-order valence-electron chi connectivity index (χ2n) is 8.17. The predicted octanol–water partition coefficient (Wildman–Crippen LogP) is 1.55. The Labute approximate surface area is 195 Å². The van der Waals surface area contributed by atoms with Crippen LogP contribution < -0.4 is 5.32 Å². The van der Waals surface area contributed by atoms with E-state index in [0.717, 1.165) is 13.1 Å². The Morgan fingerprint density at radius 3 is 2.12 bits per heavy atom. The first-order valence-electron chi connectivity index (χ1n) is 11.3. The molecule has 33 heavy (non-hydrogen) atoms. The first-order valence-corrected chi connectivity index (χ1v) is 12.8. The first kappa shape index (κ1) is 24.0. The summed E-state index contributed by atoms with van der Waals surface area (Å²) >= 11 is 0. The quantitative estimate of drug-likeness (QED) is 0.553. The maximum atomic E-state index is 12.8. The lowest BCUT2D eigenvalue weighted by Crippen LogP contribution is -2.43. The van der Waals surface area contributed by atoms with E-state index in [0.29, 0.717) is 51.6 Å². The fourth-order valence-electron chi connectivity index (χ4n) is 4.20. The second kappa shape index (κ2) is 11.3. The van der Waals surface area contributed by atoms with E-state index in [4.69, 9.17) is 9.47 Å². The molecule has 0 aromatic heterocycles. The number of nitrogens with zero attached hydrogens (tertiary/aromatic N) is 2. The number of carbonyl (C=O) groups is 1. The maximum Gasteiger partial charge on any atom is 0.243 e. The molecule has 2 saturated heterocycles. The highest BCUT2D eigenvalue weighted by molar-refractivity contribution is 7.89. The number of hydrogen-bond donors (Lipinski definition) is 1. The monoisotopic (exact) mass is 473 g/mol. The number of ketones is 1. The van der Waals surface area contributed by atoms with Crippen molar-refractivity contribution in [2.24, 2.45) is 0 Å². The standard InChI is InChI=1S/C24H31N3O5S/c28-24(21-6-8-22(9-7-21)33(29,30)27-12-16-32-17-13-27)19-25-18-23(20-4-2-1-3-5-20)26-10-14-31-15-11-26/h1-9,23,25H,10-19H2. The van der Waals surface area contributed by atoms with E-state index < -0.39 is 10.0 Å². The average Bonchev–Trinajstić information content (AvgIpc) is 2.88. The number of carbonyl (C=O) groups excluding carboxylic acids is 1. The molecule has 2 fully saturated rings. The van der Waals surface area contributed by atoms with E-state index in [1.54, 1.807) is 12.1 Å². The first-order chi connectivity index (χ1) is 16.1. The van der Waals surface area contributed by atoms with Gasteiger partial charge in [-0.1, -0.05) is 42.5 Å². The summed E-state index contributed by atoms with van der Waals surface area (Å²) in [4.78, 5) is 15.3. The van der Waals surface area contributed by atoms with Gasteiger partial charge >= 0.3 is 0 Å². The third-order valence-electron chi connectivity index (χ3n) is 6.08. The molecule has 178 valence electrons. The minimum Gasteiger partial charge on any atom is -0.379 e. The van der Waals surface area contributed by atoms with Gasteiger partial charge in [0.2, 0.25) is 10.0 Å². The lowest BCUT2D eigenvalue weighted by molar-refractivity contribution is 0.0162. The van der Waals surface area contributed by atoms with Crippen molar-refractivity contribution in [1.29, 1.82) is 0 Å². The average molecular weight is 474 g/mol. The number of hydrogen-bond acceptors (Lipinski definition) is 7. The van der Waals surface area contributed by atoms with Gasteiger partial charge in [-0.25, -0.2) is 8.42 Å². The van der Waals surface area contributed by atoms with Crippen LogP contribution >= 0.6 is 0 Å². The highest BCUT2D eigenvalue weighted by atomic mass is 32.2. The fourth-order valence-corrected chi connectivity index (χ4v) is 5.60. The minimum absolute atomic E-state index is 0.0703. The molecule has 9 heteroatoms. The van der Waals surface area contributed by atoms with Gasteiger partial charge in [0.15, 0.2) is 5.78 Å². The summed E-state index contributed by atoms with van der Waals surface area (Å²) in [6.07, 6.45) is 0. The summed E-state index contributed by atoms with van der Waals surface area (Å²) in [5.41, 5.74) is 1.70. The van der Waals surface area contributed by atoms with Crippen LogP contribution in [0.3, 0.4) is 0 Å². The zero-order valence-corrected chi connectivity index (χ0v) is 19.5. The van der Waals surface area contributed by atoms with Crippen molar-refractivity contribution in [3.63, 3.8) is 0 Å². The number of benzene rings is 2. The minimum atomic E-state index is -3.57. The molecule has 2 aliphatic rings. The largest absolute Gasteiger partial charge is 0.379 e. The van der Waals surface area contributed by atoms with Gasteiger partial charge in [-0.05, 0) is 17.7 Å². The number of ether oxygens (including phenoxy) is 2. The molecule has 0 aliphatic carbocycles. The van der Waals surface area contributed by atoms with Crippen LogP contribution in [0.4, 0.5) is 0 Å². The van der Waals surface area contributed by atoms with Gasteiger partial charge in [0.1, 0.15) is 0 Å². The molecule has 2 aromatic rings. The van der Waals surface area contributed by atoms with Gasteiger partial charge in [-0.15, -0.1) is 0 Å². The molecule has 2 aromatic carbocycles. The Morgan fingerprint density at radius 2 is 1.48 bits per heavy atom. The van der Waals surface area contributed by atoms with Gasteiger partial charge in [-0.3, -0.25) is 9.69 Å². The van der Waals surface area contributed by atoms with Crippen LogP contribution in [0.15, 0.2) is 59.5 Å². The SMILES string of the molecule is O=C(CNCC(c1ccccc1)N1CCOCC1)c1ccc(S(=O)(=O)N2CCOCC2)cc1. The van der Waals surface area contributed by atoms with E-state index in [-0.39, 0.29) is 23.3 Å². The summed E-state index contributed by atoms with van der Waals surface area (Å²) in [7, 11) is -3.57. The van der Waals surface area contributed by atoms with Crippen LogP contribution in [0.1, 0.15) is 22.0 Å². The molecule has 0 spiro atoms. The van der Waals surface area contributed by atoms with E-state index in [1.165, 1.54) is 22.0 Å². The number of rotatable bonds is 9. The molecule has 1 unspecified atom stereocenters. The van der Waals surface area contributed by atoms with Gasteiger partial charge in [-0.2, -0.15) is 4.31 Å². The Balaban J connectivity index is 1.35. The zero-order chi connectivity index (χ0) is 23.1. The molecular formula is C24H31N3O5S. The number of sulfonamides is 1. The van der Waals surface area contributed by atoms with E-state index in [2.05, 4.69) is 22.3 Å². The zero-order valence-electron chi connectivity index (χ0n) is 18.7. The molecule has 2 heterocycles. The Morgan fingerprint density at radius 1 is 0.879 bits per heavy atom. The molecule has 0 amide bonds. The van der Waals surface area contributed by atoms with Gasteiger partial charge in [0.05, 0.1) is 37.9 Å². The molecule has 4 rings (SSSR count). The van der Waals surface area contributed by atoms with Crippen molar-refractivity contribution < 1.29 is 22.7 Å². The Bertz CT molecular complexity index is 1000. The molecule has 0 bridgehead atoms. The van der Waals surface area contributed by atoms with Crippen molar-refractivity contribution in [2.45, 2.75) is 10.9 Å². The fraction of sp³-hybridized carbons (Fsp3) is 0.458. The summed E-state index contributed by atoms with van der Waals surface area (Å²) in [6.45, 7) is 5.44. The molecule has 2 aliphatic heterocycles. The number of nitrogens with one attached hydrogen (secondary N) is 1. The van der Waals surface area contributed by atoms with Crippen LogP contribution in [-0.4, -0.2) is 89.1 Å². The summed E-state index contributed by atoms with van der Waals surface area (Å²) in [6, 6.07) is 16.6. The third-order valence-corrected chi connectivity index (χ3v) is 7.99. The van der Waals surface area contributed by atoms with Crippen LogP contribution in [0.25, 0.3) is 0 Å². The van der Waals surface area contributed by atoms with Crippen LogP contribution in [0.2, 0.25) is 0 Å². The van der Waals surface area contributed by atoms with Gasteiger partial charge in [0.25, 0.3) is 0 Å². The molecular weight excluding hydrogens is 442 g/mol. The highest BCUT2D eigenvalue weighted by Crippen LogP contribution is 2.21. The van der Waals surface area contributed by atoms with Gasteiger partial charge < -0.3 is 14.8 Å². The lowest BCUT2D eigenvalue weighted by atomic mass is 10.0. The van der Waals surface area contributed by atoms with Crippen molar-refractivity contribution in [3.05, 3.63) is 65.7 Å². The molecule has 0 radical (unpaired) electrons. The maximum absolute atomic E-state index is 12.8. The van der Waals surface area contributed by atoms with Crippen molar-refractivity contribution in [3.8, 4) is 0 Å². The predicted molar refractivity (Wildman–Crippen MR) is 125 cm³/mol. The smallest absolute Gasteiger partial charge is 0.243 e. The van der Waals surface area contributed by atoms with Gasteiger partial charge in [0, 0.05) is 44.3 Å². The highest BCUT2D eigenvalue weighted by Gasteiger charge is 2.26. The molecule has 1 N–H and O–H groups in total.